The second-order valence-corrected chi connectivity index (χ2v) is 11.0. The van der Waals surface area contributed by atoms with E-state index in [1.165, 1.54) is 36.8 Å². The van der Waals surface area contributed by atoms with Crippen molar-refractivity contribution in [2.75, 3.05) is 14.2 Å². The van der Waals surface area contributed by atoms with Crippen LogP contribution in [0.1, 0.15) is 97.6 Å². The van der Waals surface area contributed by atoms with Crippen molar-refractivity contribution in [3.05, 3.63) is 28.8 Å². The molecule has 2 aliphatic carbocycles. The fraction of sp³-hybridized carbons (Fsp3) is 0.679. The summed E-state index contributed by atoms with van der Waals surface area (Å²) >= 11 is 0. The molecule has 0 heterocycles. The third-order valence-corrected chi connectivity index (χ3v) is 8.68. The first-order valence-corrected chi connectivity index (χ1v) is 12.2. The molecule has 178 valence electrons. The minimum absolute atomic E-state index is 0.0192. The molecule has 0 spiro atoms. The van der Waals surface area contributed by atoms with E-state index in [1.807, 2.05) is 0 Å². The summed E-state index contributed by atoms with van der Waals surface area (Å²) in [6.07, 6.45) is 7.60. The highest BCUT2D eigenvalue weighted by Crippen LogP contribution is 2.71. The van der Waals surface area contributed by atoms with Crippen molar-refractivity contribution in [3.8, 4) is 11.5 Å². The quantitative estimate of drug-likeness (QED) is 0.388. The molecule has 0 amide bonds. The molecular formula is C28H42O4. The number of hydrogen-bond acceptors (Lipinski definition) is 3. The van der Waals surface area contributed by atoms with Gasteiger partial charge >= 0.3 is 5.97 Å². The fourth-order valence-electron chi connectivity index (χ4n) is 6.64. The molecule has 1 aromatic rings. The van der Waals surface area contributed by atoms with Crippen LogP contribution in [0, 0.1) is 16.7 Å². The second-order valence-electron chi connectivity index (χ2n) is 11.0. The average molecular weight is 443 g/mol. The van der Waals surface area contributed by atoms with Crippen molar-refractivity contribution in [3.63, 3.8) is 0 Å². The molecule has 3 rings (SSSR count). The lowest BCUT2D eigenvalue weighted by Crippen LogP contribution is -2.40. The van der Waals surface area contributed by atoms with Crippen LogP contribution in [0.3, 0.4) is 0 Å². The zero-order valence-corrected chi connectivity index (χ0v) is 21.4. The van der Waals surface area contributed by atoms with Crippen LogP contribution >= 0.6 is 0 Å². The van der Waals surface area contributed by atoms with Crippen LogP contribution in [-0.4, -0.2) is 25.3 Å². The molecule has 0 aliphatic heterocycles. The molecule has 1 N–H and O–H groups in total. The van der Waals surface area contributed by atoms with Gasteiger partial charge in [-0.25, -0.2) is 0 Å². The lowest BCUT2D eigenvalue weighted by Gasteiger charge is -2.38. The minimum Gasteiger partial charge on any atom is -0.496 e. The minimum atomic E-state index is -0.917. The van der Waals surface area contributed by atoms with Crippen molar-refractivity contribution in [1.29, 1.82) is 0 Å². The van der Waals surface area contributed by atoms with Crippen LogP contribution in [0.2, 0.25) is 0 Å². The Morgan fingerprint density at radius 3 is 2.22 bits per heavy atom. The number of ether oxygens (including phenoxy) is 2. The topological polar surface area (TPSA) is 55.8 Å². The smallest absolute Gasteiger partial charge is 0.314 e. The summed E-state index contributed by atoms with van der Waals surface area (Å²) in [4.78, 5) is 12.8. The lowest BCUT2D eigenvalue weighted by atomic mass is 9.64. The van der Waals surface area contributed by atoms with Crippen LogP contribution in [0.4, 0.5) is 0 Å². The summed E-state index contributed by atoms with van der Waals surface area (Å²) in [5.41, 5.74) is 2.81. The molecule has 0 radical (unpaired) electrons. The zero-order chi connectivity index (χ0) is 23.9. The van der Waals surface area contributed by atoms with Gasteiger partial charge in [-0.15, -0.1) is 0 Å². The third-order valence-electron chi connectivity index (χ3n) is 8.68. The molecular weight excluding hydrogens is 400 g/mol. The number of hydrogen-bond donors (Lipinski definition) is 1. The monoisotopic (exact) mass is 442 g/mol. The number of carbonyl (C=O) groups is 1. The summed E-state index contributed by atoms with van der Waals surface area (Å²) in [5, 5.41) is 10.5. The standard InChI is InChI=1S/C28H42O4/c1-9-10-11-12-14-26(3,4)19-16-21(31-7)23(22(17-19)32-8)24-18(2)20-13-15-28(24,25(29)30)27(20,5)6/h16-17,20H,9-15H2,1-8H3,(H,29,30)/t20-,28+/m0/s1. The number of allylic oxidation sites excluding steroid dienone is 1. The van der Waals surface area contributed by atoms with E-state index in [-0.39, 0.29) is 16.7 Å². The van der Waals surface area contributed by atoms with E-state index < -0.39 is 11.4 Å². The highest BCUT2D eigenvalue weighted by atomic mass is 16.5. The molecule has 2 atom stereocenters. The van der Waals surface area contributed by atoms with Crippen molar-refractivity contribution in [1.82, 2.24) is 0 Å². The van der Waals surface area contributed by atoms with Crippen LogP contribution in [-0.2, 0) is 10.2 Å². The predicted octanol–water partition coefficient (Wildman–Crippen LogP) is 7.25. The predicted molar refractivity (Wildman–Crippen MR) is 130 cm³/mol. The molecule has 32 heavy (non-hydrogen) atoms. The van der Waals surface area contributed by atoms with Gasteiger partial charge in [-0.05, 0) is 66.2 Å². The Kier molecular flexibility index (Phi) is 6.75. The normalized spacial score (nSPS) is 24.2. The molecule has 2 aliphatic rings. The van der Waals surface area contributed by atoms with Crippen molar-refractivity contribution in [2.24, 2.45) is 16.7 Å². The van der Waals surface area contributed by atoms with Gasteiger partial charge in [-0.2, -0.15) is 0 Å². The molecule has 1 aromatic carbocycles. The van der Waals surface area contributed by atoms with Gasteiger partial charge in [0.1, 0.15) is 11.5 Å². The number of carboxylic acid groups (broad SMARTS) is 1. The van der Waals surface area contributed by atoms with Gasteiger partial charge in [-0.1, -0.05) is 65.9 Å². The number of unbranched alkanes of at least 4 members (excludes halogenated alkanes) is 3. The van der Waals surface area contributed by atoms with E-state index in [0.717, 1.165) is 35.5 Å². The van der Waals surface area contributed by atoms with Crippen LogP contribution in [0.5, 0.6) is 11.5 Å². The molecule has 0 saturated heterocycles. The highest BCUT2D eigenvalue weighted by Gasteiger charge is 2.67. The Labute approximate surface area is 194 Å². The molecule has 1 saturated carbocycles. The Bertz CT molecular complexity index is 883. The summed E-state index contributed by atoms with van der Waals surface area (Å²) in [7, 11) is 3.36. The van der Waals surface area contributed by atoms with E-state index in [0.29, 0.717) is 6.42 Å². The third kappa shape index (κ3) is 3.54. The number of fused-ring (bicyclic) bond motifs is 2. The summed E-state index contributed by atoms with van der Waals surface area (Å²) in [6.45, 7) is 13.1. The van der Waals surface area contributed by atoms with Gasteiger partial charge in [-0.3, -0.25) is 4.79 Å². The first-order valence-electron chi connectivity index (χ1n) is 12.2. The molecule has 2 bridgehead atoms. The second kappa shape index (κ2) is 8.76. The van der Waals surface area contributed by atoms with Crippen LogP contribution in [0.15, 0.2) is 17.7 Å². The first-order chi connectivity index (χ1) is 15.0. The van der Waals surface area contributed by atoms with E-state index in [9.17, 15) is 9.90 Å². The van der Waals surface area contributed by atoms with Crippen LogP contribution < -0.4 is 9.47 Å². The van der Waals surface area contributed by atoms with Gasteiger partial charge in [0.05, 0.1) is 25.2 Å². The van der Waals surface area contributed by atoms with Gasteiger partial charge in [0.25, 0.3) is 0 Å². The number of carboxylic acids is 1. The molecule has 0 aromatic heterocycles. The lowest BCUT2D eigenvalue weighted by molar-refractivity contribution is -0.149. The summed E-state index contributed by atoms with van der Waals surface area (Å²) in [6, 6.07) is 4.24. The van der Waals surface area contributed by atoms with E-state index in [4.69, 9.17) is 9.47 Å². The molecule has 0 unspecified atom stereocenters. The van der Waals surface area contributed by atoms with Gasteiger partial charge in [0.15, 0.2) is 0 Å². The molecule has 4 heteroatoms. The number of methoxy groups -OCH3 is 2. The van der Waals surface area contributed by atoms with E-state index in [2.05, 4.69) is 53.7 Å². The molecule has 4 nitrogen and oxygen atoms in total. The van der Waals surface area contributed by atoms with Crippen LogP contribution in [0.25, 0.3) is 5.57 Å². The average Bonchev–Trinajstić information content (AvgIpc) is 3.11. The van der Waals surface area contributed by atoms with E-state index in [1.54, 1.807) is 14.2 Å². The number of rotatable bonds is 10. The Morgan fingerprint density at radius 1 is 1.12 bits per heavy atom. The number of aliphatic carboxylic acids is 1. The first kappa shape index (κ1) is 24.7. The molecule has 1 fully saturated rings. The Balaban J connectivity index is 2.14. The van der Waals surface area contributed by atoms with E-state index >= 15 is 0 Å². The maximum absolute atomic E-state index is 12.8. The summed E-state index contributed by atoms with van der Waals surface area (Å²) < 4.78 is 11.8. The van der Waals surface area contributed by atoms with Crippen molar-refractivity contribution >= 4 is 11.5 Å². The maximum atomic E-state index is 12.8. The van der Waals surface area contributed by atoms with Crippen molar-refractivity contribution < 1.29 is 19.4 Å². The maximum Gasteiger partial charge on any atom is 0.314 e. The fourth-order valence-corrected chi connectivity index (χ4v) is 6.64. The number of benzene rings is 1. The zero-order valence-electron chi connectivity index (χ0n) is 21.4. The Morgan fingerprint density at radius 2 is 1.72 bits per heavy atom. The Hall–Kier alpha value is -1.97. The highest BCUT2D eigenvalue weighted by molar-refractivity contribution is 5.99. The largest absolute Gasteiger partial charge is 0.496 e. The van der Waals surface area contributed by atoms with Gasteiger partial charge < -0.3 is 14.6 Å². The summed E-state index contributed by atoms with van der Waals surface area (Å²) in [5.74, 6) is 0.970. The van der Waals surface area contributed by atoms with Crippen molar-refractivity contribution in [2.45, 2.75) is 91.9 Å². The van der Waals surface area contributed by atoms with Gasteiger partial charge in [0, 0.05) is 0 Å². The SMILES string of the molecule is CCCCCCC(C)(C)c1cc(OC)c(C2=C(C)[C@@H]3CC[C@@]2(C(=O)O)C3(C)C)c(OC)c1. The van der Waals surface area contributed by atoms with Gasteiger partial charge in [0.2, 0.25) is 0 Å².